The predicted octanol–water partition coefficient (Wildman–Crippen LogP) is 4.20. The molecule has 0 aliphatic carbocycles. The Labute approximate surface area is 128 Å². The zero-order valence-electron chi connectivity index (χ0n) is 12.2. The summed E-state index contributed by atoms with van der Waals surface area (Å²) >= 11 is 3.47. The molecule has 1 aromatic heterocycles. The van der Waals surface area contributed by atoms with Gasteiger partial charge in [-0.3, -0.25) is 0 Å². The first kappa shape index (κ1) is 15.3. The fourth-order valence-corrected chi connectivity index (χ4v) is 2.52. The number of aryl methyl sites for hydroxylation is 1. The van der Waals surface area contributed by atoms with Gasteiger partial charge in [0.25, 0.3) is 0 Å². The maximum Gasteiger partial charge on any atom is 0.196 e. The van der Waals surface area contributed by atoms with E-state index < -0.39 is 0 Å². The van der Waals surface area contributed by atoms with Gasteiger partial charge >= 0.3 is 0 Å². The van der Waals surface area contributed by atoms with Crippen LogP contribution in [0.15, 0.2) is 33.3 Å². The molecule has 1 N–H and O–H groups in total. The standard InChI is InChI=1S/C16H21BrN2O/c1-11(2)9-18-7-6-16-19-10-15(20-16)14-5-4-13(17)8-12(14)3/h4-5,8,10-11,18H,6-7,9H2,1-3H3. The van der Waals surface area contributed by atoms with Gasteiger partial charge in [-0.2, -0.15) is 0 Å². The molecule has 0 radical (unpaired) electrons. The van der Waals surface area contributed by atoms with E-state index in [0.29, 0.717) is 5.92 Å². The van der Waals surface area contributed by atoms with E-state index in [4.69, 9.17) is 4.42 Å². The molecule has 108 valence electrons. The van der Waals surface area contributed by atoms with Crippen molar-refractivity contribution in [3.8, 4) is 11.3 Å². The van der Waals surface area contributed by atoms with E-state index in [2.05, 4.69) is 59.1 Å². The molecule has 3 nitrogen and oxygen atoms in total. The number of benzene rings is 1. The quantitative estimate of drug-likeness (QED) is 0.803. The van der Waals surface area contributed by atoms with E-state index in [1.54, 1.807) is 0 Å². The molecule has 1 heterocycles. The molecule has 0 spiro atoms. The summed E-state index contributed by atoms with van der Waals surface area (Å²) in [5, 5.41) is 3.39. The highest BCUT2D eigenvalue weighted by Gasteiger charge is 2.09. The van der Waals surface area contributed by atoms with Crippen LogP contribution >= 0.6 is 15.9 Å². The Morgan fingerprint density at radius 2 is 2.15 bits per heavy atom. The van der Waals surface area contributed by atoms with Crippen molar-refractivity contribution >= 4 is 15.9 Å². The molecule has 0 saturated carbocycles. The van der Waals surface area contributed by atoms with Crippen LogP contribution in [-0.4, -0.2) is 18.1 Å². The third-order valence-corrected chi connectivity index (χ3v) is 3.57. The van der Waals surface area contributed by atoms with Crippen molar-refractivity contribution < 1.29 is 4.42 Å². The van der Waals surface area contributed by atoms with Crippen molar-refractivity contribution in [1.82, 2.24) is 10.3 Å². The lowest BCUT2D eigenvalue weighted by molar-refractivity contribution is 0.483. The smallest absolute Gasteiger partial charge is 0.196 e. The Kier molecular flexibility index (Phi) is 5.38. The van der Waals surface area contributed by atoms with Gasteiger partial charge in [-0.1, -0.05) is 29.8 Å². The van der Waals surface area contributed by atoms with Gasteiger partial charge in [0.15, 0.2) is 11.7 Å². The van der Waals surface area contributed by atoms with Gasteiger partial charge in [0.05, 0.1) is 6.20 Å². The zero-order chi connectivity index (χ0) is 14.5. The van der Waals surface area contributed by atoms with Crippen LogP contribution in [0.4, 0.5) is 0 Å². The molecule has 1 aromatic carbocycles. The van der Waals surface area contributed by atoms with Gasteiger partial charge in [-0.25, -0.2) is 4.98 Å². The average molecular weight is 337 g/mol. The lowest BCUT2D eigenvalue weighted by Gasteiger charge is -2.05. The minimum absolute atomic E-state index is 0.667. The first-order valence-electron chi connectivity index (χ1n) is 6.98. The van der Waals surface area contributed by atoms with Crippen LogP contribution in [0.1, 0.15) is 25.3 Å². The summed E-state index contributed by atoms with van der Waals surface area (Å²) in [6.07, 6.45) is 2.64. The number of hydrogen-bond donors (Lipinski definition) is 1. The van der Waals surface area contributed by atoms with Gasteiger partial charge < -0.3 is 9.73 Å². The molecule has 0 fully saturated rings. The summed E-state index contributed by atoms with van der Waals surface area (Å²) in [5.74, 6) is 2.30. The lowest BCUT2D eigenvalue weighted by atomic mass is 10.1. The Morgan fingerprint density at radius 1 is 1.35 bits per heavy atom. The second kappa shape index (κ2) is 7.04. The van der Waals surface area contributed by atoms with Gasteiger partial charge in [0.1, 0.15) is 0 Å². The molecule has 4 heteroatoms. The topological polar surface area (TPSA) is 38.1 Å². The molecule has 20 heavy (non-hydrogen) atoms. The minimum Gasteiger partial charge on any atom is -0.441 e. The fourth-order valence-electron chi connectivity index (χ4n) is 2.04. The first-order valence-corrected chi connectivity index (χ1v) is 7.77. The van der Waals surface area contributed by atoms with Crippen molar-refractivity contribution in [2.75, 3.05) is 13.1 Å². The third-order valence-electron chi connectivity index (χ3n) is 3.08. The number of oxazole rings is 1. The molecule has 0 saturated heterocycles. The van der Waals surface area contributed by atoms with E-state index in [1.165, 1.54) is 5.56 Å². The second-order valence-corrected chi connectivity index (χ2v) is 6.34. The third kappa shape index (κ3) is 4.18. The van der Waals surface area contributed by atoms with Crippen LogP contribution in [-0.2, 0) is 6.42 Å². The summed E-state index contributed by atoms with van der Waals surface area (Å²) < 4.78 is 6.91. The highest BCUT2D eigenvalue weighted by Crippen LogP contribution is 2.26. The Hall–Kier alpha value is -1.13. The summed E-state index contributed by atoms with van der Waals surface area (Å²) in [7, 11) is 0. The van der Waals surface area contributed by atoms with Crippen LogP contribution in [0.2, 0.25) is 0 Å². The van der Waals surface area contributed by atoms with Gasteiger partial charge in [0.2, 0.25) is 0 Å². The van der Waals surface area contributed by atoms with Crippen LogP contribution < -0.4 is 5.32 Å². The van der Waals surface area contributed by atoms with Crippen LogP contribution in [0.25, 0.3) is 11.3 Å². The number of hydrogen-bond acceptors (Lipinski definition) is 3. The van der Waals surface area contributed by atoms with Crippen molar-refractivity contribution in [1.29, 1.82) is 0 Å². The number of halogens is 1. The van der Waals surface area contributed by atoms with Crippen LogP contribution in [0.5, 0.6) is 0 Å². The molecule has 0 aliphatic rings. The SMILES string of the molecule is Cc1cc(Br)ccc1-c1cnc(CCNCC(C)C)o1. The molecular formula is C16H21BrN2O. The van der Waals surface area contributed by atoms with Crippen molar-refractivity contribution in [2.45, 2.75) is 27.2 Å². The number of rotatable bonds is 6. The minimum atomic E-state index is 0.667. The number of aromatic nitrogens is 1. The molecule has 2 aromatic rings. The summed E-state index contributed by atoms with van der Waals surface area (Å²) in [6.45, 7) is 8.41. The van der Waals surface area contributed by atoms with Crippen molar-refractivity contribution in [3.63, 3.8) is 0 Å². The largest absolute Gasteiger partial charge is 0.441 e. The van der Waals surface area contributed by atoms with E-state index in [1.807, 2.05) is 12.3 Å². The number of nitrogens with zero attached hydrogens (tertiary/aromatic N) is 1. The highest BCUT2D eigenvalue weighted by atomic mass is 79.9. The summed E-state index contributed by atoms with van der Waals surface area (Å²) in [6, 6.07) is 6.16. The average Bonchev–Trinajstić information content (AvgIpc) is 2.83. The Bertz CT molecular complexity index is 563. The summed E-state index contributed by atoms with van der Waals surface area (Å²) in [5.41, 5.74) is 2.28. The maximum atomic E-state index is 5.83. The molecule has 2 rings (SSSR count). The molecule has 0 bridgehead atoms. The molecule has 0 unspecified atom stereocenters. The van der Waals surface area contributed by atoms with Gasteiger partial charge in [-0.05, 0) is 43.1 Å². The van der Waals surface area contributed by atoms with E-state index >= 15 is 0 Å². The number of nitrogens with one attached hydrogen (secondary N) is 1. The van der Waals surface area contributed by atoms with Gasteiger partial charge in [0, 0.05) is 23.0 Å². The maximum absolute atomic E-state index is 5.83. The monoisotopic (exact) mass is 336 g/mol. The predicted molar refractivity (Wildman–Crippen MR) is 85.8 cm³/mol. The lowest BCUT2D eigenvalue weighted by Crippen LogP contribution is -2.22. The van der Waals surface area contributed by atoms with Crippen molar-refractivity contribution in [3.05, 3.63) is 40.3 Å². The van der Waals surface area contributed by atoms with Crippen LogP contribution in [0, 0.1) is 12.8 Å². The van der Waals surface area contributed by atoms with E-state index in [0.717, 1.165) is 41.2 Å². The molecule has 0 atom stereocenters. The highest BCUT2D eigenvalue weighted by molar-refractivity contribution is 9.10. The van der Waals surface area contributed by atoms with E-state index in [9.17, 15) is 0 Å². The molecule has 0 aliphatic heterocycles. The molecule has 0 amide bonds. The Morgan fingerprint density at radius 3 is 2.85 bits per heavy atom. The zero-order valence-corrected chi connectivity index (χ0v) is 13.8. The summed E-state index contributed by atoms with van der Waals surface area (Å²) in [4.78, 5) is 4.35. The fraction of sp³-hybridized carbons (Fsp3) is 0.438. The normalized spacial score (nSPS) is 11.2. The van der Waals surface area contributed by atoms with Gasteiger partial charge in [-0.15, -0.1) is 0 Å². The second-order valence-electron chi connectivity index (χ2n) is 5.43. The van der Waals surface area contributed by atoms with Crippen LogP contribution in [0.3, 0.4) is 0 Å². The van der Waals surface area contributed by atoms with Crippen molar-refractivity contribution in [2.24, 2.45) is 5.92 Å². The molecular weight excluding hydrogens is 316 g/mol. The van der Waals surface area contributed by atoms with E-state index in [-0.39, 0.29) is 0 Å². The first-order chi connectivity index (χ1) is 9.56. The Balaban J connectivity index is 1.98.